The molecule has 2 saturated carbocycles. The molecular weight excluding hydrogens is 506 g/mol. The van der Waals surface area contributed by atoms with Crippen LogP contribution in [-0.4, -0.2) is 49.0 Å². The number of methoxy groups -OCH3 is 1. The van der Waals surface area contributed by atoms with Crippen LogP contribution in [0.4, 0.5) is 0 Å². The first-order valence-corrected chi connectivity index (χ1v) is 14.5. The summed E-state index contributed by atoms with van der Waals surface area (Å²) in [4.78, 5) is 37.6. The molecule has 5 rings (SSSR count). The van der Waals surface area contributed by atoms with Crippen LogP contribution in [0.3, 0.4) is 0 Å². The van der Waals surface area contributed by atoms with Crippen molar-refractivity contribution in [1.29, 1.82) is 0 Å². The van der Waals surface area contributed by atoms with Gasteiger partial charge < -0.3 is 14.8 Å². The Bertz CT molecular complexity index is 1220. The number of hydrazone groups is 1. The number of benzene rings is 2. The minimum Gasteiger partial charge on any atom is -0.469 e. The number of rotatable bonds is 12. The highest BCUT2D eigenvalue weighted by Gasteiger charge is 2.44. The Morgan fingerprint density at radius 3 is 2.50 bits per heavy atom. The Balaban J connectivity index is 1.20. The summed E-state index contributed by atoms with van der Waals surface area (Å²) in [5.41, 5.74) is 2.86. The van der Waals surface area contributed by atoms with E-state index in [9.17, 15) is 14.4 Å². The van der Waals surface area contributed by atoms with Crippen molar-refractivity contribution < 1.29 is 23.9 Å². The zero-order chi connectivity index (χ0) is 28.0. The molecule has 1 atom stereocenters. The second-order valence-corrected chi connectivity index (χ2v) is 11.4. The number of nitrogens with one attached hydrogen (secondary N) is 1. The molecule has 3 aliphatic rings. The number of ether oxygens (including phenoxy) is 2. The standard InChI is InChI=1S/C32H39N3O5/c1-39-28(37)20-32(17-18-32)16-7-19-33-30(38)29(24-8-5-6-9-24)25-14-12-23(13-15-25)21-35-27(36)22-40-31(34-35)26-10-3-2-4-11-26/h2-4,10-15,24,29H,5-9,16-22H2,1H3,(H,33,38). The molecule has 8 heteroatoms. The molecule has 212 valence electrons. The normalized spacial score (nSPS) is 19.0. The van der Waals surface area contributed by atoms with Gasteiger partial charge in [-0.25, -0.2) is 5.01 Å². The molecule has 0 spiro atoms. The molecule has 8 nitrogen and oxygen atoms in total. The van der Waals surface area contributed by atoms with Crippen LogP contribution < -0.4 is 5.32 Å². The van der Waals surface area contributed by atoms with E-state index in [0.29, 0.717) is 31.3 Å². The fraction of sp³-hybridized carbons (Fsp3) is 0.500. The minimum atomic E-state index is -0.188. The van der Waals surface area contributed by atoms with E-state index in [-0.39, 0.29) is 35.7 Å². The van der Waals surface area contributed by atoms with E-state index in [4.69, 9.17) is 9.47 Å². The van der Waals surface area contributed by atoms with Gasteiger partial charge in [-0.3, -0.25) is 14.4 Å². The number of amides is 2. The highest BCUT2D eigenvalue weighted by Crippen LogP contribution is 2.52. The molecule has 2 aromatic carbocycles. The summed E-state index contributed by atoms with van der Waals surface area (Å²) >= 11 is 0. The molecule has 1 unspecified atom stereocenters. The molecule has 0 radical (unpaired) electrons. The topological polar surface area (TPSA) is 97.3 Å². The Labute approximate surface area is 236 Å². The molecule has 1 N–H and O–H groups in total. The second kappa shape index (κ2) is 12.7. The van der Waals surface area contributed by atoms with Crippen molar-refractivity contribution in [2.45, 2.75) is 70.3 Å². The Kier molecular flexibility index (Phi) is 8.82. The number of hydrogen-bond donors (Lipinski definition) is 1. The van der Waals surface area contributed by atoms with Gasteiger partial charge in [0, 0.05) is 12.1 Å². The van der Waals surface area contributed by atoms with Crippen LogP contribution in [0.5, 0.6) is 0 Å². The van der Waals surface area contributed by atoms with Gasteiger partial charge in [0.15, 0.2) is 6.61 Å². The van der Waals surface area contributed by atoms with Crippen molar-refractivity contribution in [2.24, 2.45) is 16.4 Å². The van der Waals surface area contributed by atoms with E-state index < -0.39 is 0 Å². The molecule has 0 bridgehead atoms. The zero-order valence-corrected chi connectivity index (χ0v) is 23.3. The Morgan fingerprint density at radius 1 is 1.10 bits per heavy atom. The summed E-state index contributed by atoms with van der Waals surface area (Å²) in [6.45, 7) is 0.913. The molecule has 2 amide bonds. The van der Waals surface area contributed by atoms with E-state index in [1.54, 1.807) is 0 Å². The van der Waals surface area contributed by atoms with Gasteiger partial charge in [-0.2, -0.15) is 0 Å². The van der Waals surface area contributed by atoms with Gasteiger partial charge in [0.25, 0.3) is 5.91 Å². The summed E-state index contributed by atoms with van der Waals surface area (Å²) in [5.74, 6) is 0.331. The summed E-state index contributed by atoms with van der Waals surface area (Å²) in [6.07, 6.45) is 8.81. The van der Waals surface area contributed by atoms with Gasteiger partial charge in [-0.1, -0.05) is 55.3 Å². The largest absolute Gasteiger partial charge is 0.469 e. The van der Waals surface area contributed by atoms with Crippen LogP contribution >= 0.6 is 0 Å². The molecule has 40 heavy (non-hydrogen) atoms. The third-order valence-electron chi connectivity index (χ3n) is 8.56. The summed E-state index contributed by atoms with van der Waals surface area (Å²) in [7, 11) is 1.44. The van der Waals surface area contributed by atoms with Crippen molar-refractivity contribution in [3.8, 4) is 0 Å². The quantitative estimate of drug-likeness (QED) is 0.302. The van der Waals surface area contributed by atoms with Crippen LogP contribution in [0.2, 0.25) is 0 Å². The molecule has 0 aromatic heterocycles. The van der Waals surface area contributed by atoms with Gasteiger partial charge in [-0.05, 0) is 73.1 Å². The number of carbonyl (C=O) groups is 3. The first kappa shape index (κ1) is 27.9. The SMILES string of the molecule is COC(=O)CC1(CCCNC(=O)C(c2ccc(CN3N=C(c4ccccc4)OCC3=O)cc2)C2CCCC2)CC1. The summed E-state index contributed by atoms with van der Waals surface area (Å²) < 4.78 is 10.4. The highest BCUT2D eigenvalue weighted by atomic mass is 16.5. The van der Waals surface area contributed by atoms with E-state index in [2.05, 4.69) is 10.4 Å². The summed E-state index contributed by atoms with van der Waals surface area (Å²) in [6, 6.07) is 17.6. The van der Waals surface area contributed by atoms with Crippen LogP contribution in [0.15, 0.2) is 59.7 Å². The molecule has 2 aromatic rings. The third kappa shape index (κ3) is 6.90. The smallest absolute Gasteiger partial charge is 0.306 e. The van der Waals surface area contributed by atoms with Gasteiger partial charge in [0.05, 0.1) is 26.0 Å². The van der Waals surface area contributed by atoms with Crippen LogP contribution in [0.25, 0.3) is 0 Å². The van der Waals surface area contributed by atoms with E-state index in [1.165, 1.54) is 12.1 Å². The highest BCUT2D eigenvalue weighted by molar-refractivity contribution is 5.97. The maximum absolute atomic E-state index is 13.4. The zero-order valence-electron chi connectivity index (χ0n) is 23.3. The van der Waals surface area contributed by atoms with Gasteiger partial charge in [-0.15, -0.1) is 5.10 Å². The molecule has 1 heterocycles. The van der Waals surface area contributed by atoms with Gasteiger partial charge in [0.2, 0.25) is 11.8 Å². The van der Waals surface area contributed by atoms with E-state index in [1.807, 2.05) is 54.6 Å². The average molecular weight is 546 g/mol. The molecule has 2 aliphatic carbocycles. The maximum atomic E-state index is 13.4. The average Bonchev–Trinajstić information content (AvgIpc) is 3.52. The van der Waals surface area contributed by atoms with Crippen LogP contribution in [0.1, 0.15) is 80.4 Å². The van der Waals surface area contributed by atoms with Gasteiger partial charge >= 0.3 is 5.97 Å². The van der Waals surface area contributed by atoms with Crippen molar-refractivity contribution in [3.63, 3.8) is 0 Å². The first-order valence-electron chi connectivity index (χ1n) is 14.5. The fourth-order valence-corrected chi connectivity index (χ4v) is 6.03. The molecule has 2 fully saturated rings. The second-order valence-electron chi connectivity index (χ2n) is 11.4. The van der Waals surface area contributed by atoms with Crippen LogP contribution in [0, 0.1) is 11.3 Å². The fourth-order valence-electron chi connectivity index (χ4n) is 6.03. The predicted octanol–water partition coefficient (Wildman–Crippen LogP) is 4.92. The maximum Gasteiger partial charge on any atom is 0.306 e. The van der Waals surface area contributed by atoms with Crippen molar-refractivity contribution in [3.05, 3.63) is 71.3 Å². The molecule has 1 aliphatic heterocycles. The van der Waals surface area contributed by atoms with Gasteiger partial charge in [0.1, 0.15) is 0 Å². The molecule has 0 saturated heterocycles. The lowest BCUT2D eigenvalue weighted by atomic mass is 9.83. The lowest BCUT2D eigenvalue weighted by molar-refractivity contribution is -0.142. The molecular formula is C32H39N3O5. The number of esters is 1. The monoisotopic (exact) mass is 545 g/mol. The van der Waals surface area contributed by atoms with Crippen LogP contribution in [-0.2, 0) is 30.4 Å². The number of carbonyl (C=O) groups excluding carboxylic acids is 3. The van der Waals surface area contributed by atoms with Crippen molar-refractivity contribution in [2.75, 3.05) is 20.3 Å². The number of hydrogen-bond acceptors (Lipinski definition) is 6. The van der Waals surface area contributed by atoms with Crippen molar-refractivity contribution >= 4 is 23.7 Å². The Morgan fingerprint density at radius 2 is 1.82 bits per heavy atom. The lowest BCUT2D eigenvalue weighted by Gasteiger charge is -2.25. The number of nitrogens with zero attached hydrogens (tertiary/aromatic N) is 2. The minimum absolute atomic E-state index is 0.0421. The van der Waals surface area contributed by atoms with E-state index in [0.717, 1.165) is 68.1 Å². The summed E-state index contributed by atoms with van der Waals surface area (Å²) in [5, 5.41) is 9.10. The third-order valence-corrected chi connectivity index (χ3v) is 8.56. The van der Waals surface area contributed by atoms with E-state index >= 15 is 0 Å². The lowest BCUT2D eigenvalue weighted by Crippen LogP contribution is -2.36. The first-order chi connectivity index (χ1) is 19.5. The predicted molar refractivity (Wildman–Crippen MR) is 151 cm³/mol. The Hall–Kier alpha value is -3.68. The van der Waals surface area contributed by atoms with Crippen molar-refractivity contribution in [1.82, 2.24) is 10.3 Å².